The van der Waals surface area contributed by atoms with E-state index < -0.39 is 24.8 Å². The van der Waals surface area contributed by atoms with E-state index in [0.717, 1.165) is 12.3 Å². The highest BCUT2D eigenvalue weighted by Crippen LogP contribution is 2.26. The summed E-state index contributed by atoms with van der Waals surface area (Å²) in [5, 5.41) is 5.53. The molecule has 0 bridgehead atoms. The number of ether oxygens (including phenoxy) is 1. The number of benzene rings is 1. The largest absolute Gasteiger partial charge is 0.433 e. The van der Waals surface area contributed by atoms with E-state index in [0.29, 0.717) is 0 Å². The number of halogens is 4. The second-order valence-electron chi connectivity index (χ2n) is 3.77. The third kappa shape index (κ3) is 3.50. The van der Waals surface area contributed by atoms with E-state index in [1.165, 1.54) is 24.3 Å². The topological polar surface area (TPSA) is 56.1 Å². The molecule has 1 aromatic heterocycles. The van der Waals surface area contributed by atoms with Gasteiger partial charge in [0.1, 0.15) is 11.4 Å². The Balaban J connectivity index is 2.22. The van der Waals surface area contributed by atoms with E-state index in [9.17, 15) is 22.4 Å². The van der Waals surface area contributed by atoms with Crippen molar-refractivity contribution in [2.45, 2.75) is 13.2 Å². The van der Waals surface area contributed by atoms with E-state index >= 15 is 0 Å². The Kier molecular flexibility index (Phi) is 4.41. The number of hydrogen-bond donors (Lipinski definition) is 1. The number of nitrogens with one attached hydrogen (secondary N) is 1. The number of anilines is 1. The zero-order valence-electron chi connectivity index (χ0n) is 10.3. The lowest BCUT2D eigenvalue weighted by Crippen LogP contribution is -2.19. The maximum absolute atomic E-state index is 12.6. The highest BCUT2D eigenvalue weighted by molar-refractivity contribution is 6.03. The van der Waals surface area contributed by atoms with Crippen LogP contribution in [0.5, 0.6) is 5.75 Å². The highest BCUT2D eigenvalue weighted by Gasteiger charge is 2.19. The summed E-state index contributed by atoms with van der Waals surface area (Å²) >= 11 is 0. The summed E-state index contributed by atoms with van der Waals surface area (Å²) in [5.74, 6) is -1.19. The monoisotopic (exact) mass is 303 g/mol. The van der Waals surface area contributed by atoms with Gasteiger partial charge in [0.2, 0.25) is 0 Å². The molecule has 1 heterocycles. The van der Waals surface area contributed by atoms with E-state index in [4.69, 9.17) is 0 Å². The van der Waals surface area contributed by atoms with Crippen LogP contribution in [0.25, 0.3) is 0 Å². The molecular formula is C12H9F4N3O2. The molecule has 21 heavy (non-hydrogen) atoms. The van der Waals surface area contributed by atoms with Gasteiger partial charge in [-0.15, -0.1) is 0 Å². The predicted molar refractivity (Wildman–Crippen MR) is 64.5 cm³/mol. The number of nitrogens with zero attached hydrogens (tertiary/aromatic N) is 2. The average Bonchev–Trinajstić information content (AvgIpc) is 2.90. The number of hydrogen-bond acceptors (Lipinski definition) is 3. The Bertz CT molecular complexity index is 630. The molecule has 1 amide bonds. The van der Waals surface area contributed by atoms with Gasteiger partial charge in [0, 0.05) is 6.20 Å². The average molecular weight is 303 g/mol. The molecule has 0 aliphatic rings. The normalized spacial score (nSPS) is 11.0. The molecule has 0 atom stereocenters. The van der Waals surface area contributed by atoms with Crippen molar-refractivity contribution >= 4 is 11.6 Å². The van der Waals surface area contributed by atoms with Crippen LogP contribution in [-0.2, 0) is 0 Å². The number of aromatic nitrogens is 2. The summed E-state index contributed by atoms with van der Waals surface area (Å²) in [6.07, 6.45) is 1.03. The Morgan fingerprint density at radius 3 is 2.57 bits per heavy atom. The summed E-state index contributed by atoms with van der Waals surface area (Å²) in [5.41, 5.74) is -0.471. The van der Waals surface area contributed by atoms with Crippen LogP contribution in [0.1, 0.15) is 17.0 Å². The second-order valence-corrected chi connectivity index (χ2v) is 3.77. The first kappa shape index (κ1) is 14.8. The first-order chi connectivity index (χ1) is 9.99. The van der Waals surface area contributed by atoms with Crippen molar-refractivity contribution in [3.8, 4) is 5.75 Å². The van der Waals surface area contributed by atoms with Crippen LogP contribution in [0.3, 0.4) is 0 Å². The number of alkyl halides is 4. The van der Waals surface area contributed by atoms with Gasteiger partial charge in [-0.05, 0) is 18.2 Å². The van der Waals surface area contributed by atoms with Crippen LogP contribution in [0.2, 0.25) is 0 Å². The van der Waals surface area contributed by atoms with Crippen LogP contribution < -0.4 is 10.1 Å². The van der Waals surface area contributed by atoms with Crippen molar-refractivity contribution in [3.63, 3.8) is 0 Å². The minimum atomic E-state index is -3.07. The molecule has 1 aromatic carbocycles. The second kappa shape index (κ2) is 6.25. The summed E-state index contributed by atoms with van der Waals surface area (Å²) in [6.45, 7) is -6.07. The van der Waals surface area contributed by atoms with E-state index in [2.05, 4.69) is 15.2 Å². The van der Waals surface area contributed by atoms with Crippen molar-refractivity contribution in [1.29, 1.82) is 0 Å². The molecular weight excluding hydrogens is 294 g/mol. The van der Waals surface area contributed by atoms with Gasteiger partial charge in [0.15, 0.2) is 0 Å². The molecule has 9 heteroatoms. The third-order valence-electron chi connectivity index (χ3n) is 2.44. The Morgan fingerprint density at radius 1 is 1.19 bits per heavy atom. The van der Waals surface area contributed by atoms with Crippen LogP contribution >= 0.6 is 0 Å². The van der Waals surface area contributed by atoms with E-state index in [1.54, 1.807) is 0 Å². The summed E-state index contributed by atoms with van der Waals surface area (Å²) in [6, 6.07) is 6.50. The minimum absolute atomic E-state index is 0.0650. The smallest absolute Gasteiger partial charge is 0.387 e. The maximum atomic E-state index is 12.6. The Labute approximate surface area is 116 Å². The van der Waals surface area contributed by atoms with Crippen LogP contribution in [0, 0.1) is 0 Å². The molecule has 0 aliphatic heterocycles. The molecule has 2 aromatic rings. The molecule has 0 aliphatic carbocycles. The molecule has 2 rings (SSSR count). The van der Waals surface area contributed by atoms with E-state index in [1.807, 2.05) is 0 Å². The molecule has 5 nitrogen and oxygen atoms in total. The van der Waals surface area contributed by atoms with Gasteiger partial charge in [0.05, 0.1) is 5.69 Å². The van der Waals surface area contributed by atoms with Gasteiger partial charge < -0.3 is 10.1 Å². The number of rotatable bonds is 5. The van der Waals surface area contributed by atoms with E-state index in [-0.39, 0.29) is 16.1 Å². The zero-order valence-corrected chi connectivity index (χ0v) is 10.3. The summed E-state index contributed by atoms with van der Waals surface area (Å²) in [4.78, 5) is 11.9. The fourth-order valence-electron chi connectivity index (χ4n) is 1.60. The third-order valence-corrected chi connectivity index (χ3v) is 2.44. The highest BCUT2D eigenvalue weighted by atomic mass is 19.3. The molecule has 1 N–H and O–H groups in total. The van der Waals surface area contributed by atoms with Gasteiger partial charge in [-0.1, -0.05) is 12.1 Å². The molecule has 0 radical (unpaired) electrons. The SMILES string of the molecule is O=C(Nc1ccccc1OC(F)F)c1ccnn1C(F)F. The molecule has 0 spiro atoms. The predicted octanol–water partition coefficient (Wildman–Crippen LogP) is 3.13. The van der Waals surface area contributed by atoms with Crippen LogP contribution in [0.15, 0.2) is 36.5 Å². The van der Waals surface area contributed by atoms with Crippen molar-refractivity contribution in [2.75, 3.05) is 5.32 Å². The molecule has 0 saturated heterocycles. The van der Waals surface area contributed by atoms with Crippen molar-refractivity contribution < 1.29 is 27.1 Å². The lowest BCUT2D eigenvalue weighted by atomic mass is 10.3. The standard InChI is InChI=1S/C12H9F4N3O2/c13-11(14)19-8(5-6-17-19)10(20)18-7-3-1-2-4-9(7)21-12(15)16/h1-6,11-12H,(H,18,20). The van der Waals surface area contributed by atoms with Crippen molar-refractivity contribution in [3.05, 3.63) is 42.2 Å². The number of para-hydroxylation sites is 2. The number of amides is 1. The van der Waals surface area contributed by atoms with Crippen LogP contribution in [-0.4, -0.2) is 22.3 Å². The number of carbonyl (C=O) groups is 1. The Morgan fingerprint density at radius 2 is 1.90 bits per heavy atom. The van der Waals surface area contributed by atoms with Gasteiger partial charge in [-0.2, -0.15) is 27.3 Å². The van der Waals surface area contributed by atoms with Crippen molar-refractivity contribution in [2.24, 2.45) is 0 Å². The molecule has 0 fully saturated rings. The first-order valence-electron chi connectivity index (χ1n) is 5.66. The molecule has 112 valence electrons. The van der Waals surface area contributed by atoms with Gasteiger partial charge in [0.25, 0.3) is 5.91 Å². The maximum Gasteiger partial charge on any atom is 0.387 e. The van der Waals surface area contributed by atoms with Gasteiger partial charge >= 0.3 is 13.2 Å². The minimum Gasteiger partial charge on any atom is -0.433 e. The first-order valence-corrected chi connectivity index (χ1v) is 5.66. The fraction of sp³-hybridized carbons (Fsp3) is 0.167. The lowest BCUT2D eigenvalue weighted by Gasteiger charge is -2.12. The summed E-state index contributed by atoms with van der Waals surface area (Å²) < 4.78 is 54.1. The molecule has 0 saturated carbocycles. The zero-order chi connectivity index (χ0) is 15.4. The number of carbonyl (C=O) groups excluding carboxylic acids is 1. The fourth-order valence-corrected chi connectivity index (χ4v) is 1.60. The lowest BCUT2D eigenvalue weighted by molar-refractivity contribution is -0.0493. The Hall–Kier alpha value is -2.58. The van der Waals surface area contributed by atoms with Gasteiger partial charge in [-0.3, -0.25) is 4.79 Å². The quantitative estimate of drug-likeness (QED) is 0.863. The summed E-state index contributed by atoms with van der Waals surface area (Å²) in [7, 11) is 0. The van der Waals surface area contributed by atoms with Crippen molar-refractivity contribution in [1.82, 2.24) is 9.78 Å². The molecule has 0 unspecified atom stereocenters. The van der Waals surface area contributed by atoms with Crippen LogP contribution in [0.4, 0.5) is 23.2 Å². The van der Waals surface area contributed by atoms with Gasteiger partial charge in [-0.25, -0.2) is 0 Å².